The van der Waals surface area contributed by atoms with E-state index >= 15 is 0 Å². The van der Waals surface area contributed by atoms with Crippen LogP contribution in [0.5, 0.6) is 0 Å². The molecule has 1 heterocycles. The summed E-state index contributed by atoms with van der Waals surface area (Å²) in [5.41, 5.74) is 6.75. The molecule has 0 aliphatic carbocycles. The average Bonchev–Trinajstić information content (AvgIpc) is 2.94. The fraction of sp³-hybridized carbons (Fsp3) is 0.600. The van der Waals surface area contributed by atoms with Crippen LogP contribution in [0.2, 0.25) is 5.02 Å². The van der Waals surface area contributed by atoms with Gasteiger partial charge in [-0.05, 0) is 50.7 Å². The highest BCUT2D eigenvalue weighted by Crippen LogP contribution is 2.23. The highest BCUT2D eigenvalue weighted by atomic mass is 35.5. The molecule has 1 aromatic carbocycles. The molecule has 0 saturated carbocycles. The number of likely N-dealkylation sites (N-methyl/N-ethyl adjacent to an activating group) is 1. The van der Waals surface area contributed by atoms with Crippen molar-refractivity contribution >= 4 is 11.6 Å². The number of nitrogens with two attached hydrogens (primary N) is 1. The largest absolute Gasteiger partial charge is 0.329 e. The Morgan fingerprint density at radius 3 is 2.70 bits per heavy atom. The van der Waals surface area contributed by atoms with Gasteiger partial charge in [0.2, 0.25) is 0 Å². The third-order valence-electron chi connectivity index (χ3n) is 4.05. The molecule has 112 valence electrons. The van der Waals surface area contributed by atoms with E-state index in [2.05, 4.69) is 9.80 Å². The summed E-state index contributed by atoms with van der Waals surface area (Å²) in [5, 5.41) is 0.157. The van der Waals surface area contributed by atoms with Gasteiger partial charge in [-0.2, -0.15) is 0 Å². The van der Waals surface area contributed by atoms with Gasteiger partial charge in [0.05, 0.1) is 5.02 Å². The van der Waals surface area contributed by atoms with Crippen molar-refractivity contribution in [2.24, 2.45) is 5.73 Å². The van der Waals surface area contributed by atoms with Crippen LogP contribution in [0.3, 0.4) is 0 Å². The monoisotopic (exact) mass is 299 g/mol. The van der Waals surface area contributed by atoms with Crippen molar-refractivity contribution < 1.29 is 4.39 Å². The molecule has 5 heteroatoms. The number of halogens is 2. The van der Waals surface area contributed by atoms with Crippen LogP contribution in [0.1, 0.15) is 24.4 Å². The second kappa shape index (κ2) is 7.36. The first-order valence-electron chi connectivity index (χ1n) is 7.19. The number of nitrogens with zero attached hydrogens (tertiary/aromatic N) is 2. The van der Waals surface area contributed by atoms with Gasteiger partial charge >= 0.3 is 0 Å². The highest BCUT2D eigenvalue weighted by molar-refractivity contribution is 6.30. The summed E-state index contributed by atoms with van der Waals surface area (Å²) in [6, 6.07) is 4.98. The molecule has 1 saturated heterocycles. The van der Waals surface area contributed by atoms with E-state index in [1.807, 2.05) is 13.1 Å². The van der Waals surface area contributed by atoms with Gasteiger partial charge in [0.1, 0.15) is 5.82 Å². The minimum absolute atomic E-state index is 0.0318. The quantitative estimate of drug-likeness (QED) is 0.876. The Labute approximate surface area is 125 Å². The summed E-state index contributed by atoms with van der Waals surface area (Å²) in [7, 11) is 2.04. The maximum Gasteiger partial charge on any atom is 0.142 e. The predicted molar refractivity (Wildman–Crippen MR) is 81.5 cm³/mol. The molecular weight excluding hydrogens is 277 g/mol. The lowest BCUT2D eigenvalue weighted by atomic mass is 10.1. The maximum absolute atomic E-state index is 13.6. The van der Waals surface area contributed by atoms with Crippen molar-refractivity contribution in [3.63, 3.8) is 0 Å². The maximum atomic E-state index is 13.6. The molecule has 1 fully saturated rings. The molecule has 0 aromatic heterocycles. The topological polar surface area (TPSA) is 32.5 Å². The highest BCUT2D eigenvalue weighted by Gasteiger charge is 2.18. The van der Waals surface area contributed by atoms with E-state index in [1.165, 1.54) is 32.0 Å². The zero-order valence-electron chi connectivity index (χ0n) is 12.0. The molecule has 0 bridgehead atoms. The lowest BCUT2D eigenvalue weighted by molar-refractivity contribution is 0.209. The third-order valence-corrected chi connectivity index (χ3v) is 4.36. The Balaban J connectivity index is 1.96. The smallest absolute Gasteiger partial charge is 0.142 e. The lowest BCUT2D eigenvalue weighted by Gasteiger charge is -2.29. The second-order valence-electron chi connectivity index (χ2n) is 5.45. The van der Waals surface area contributed by atoms with E-state index < -0.39 is 0 Å². The van der Waals surface area contributed by atoms with Gasteiger partial charge in [-0.3, -0.25) is 4.90 Å². The van der Waals surface area contributed by atoms with Gasteiger partial charge in [0.25, 0.3) is 0 Å². The third kappa shape index (κ3) is 3.92. The van der Waals surface area contributed by atoms with Crippen LogP contribution in [-0.2, 0) is 0 Å². The molecule has 1 aromatic rings. The van der Waals surface area contributed by atoms with Crippen LogP contribution in [0, 0.1) is 5.82 Å². The van der Waals surface area contributed by atoms with Crippen LogP contribution in [0.15, 0.2) is 18.2 Å². The van der Waals surface area contributed by atoms with Crippen LogP contribution in [-0.4, -0.2) is 49.6 Å². The fourth-order valence-electron chi connectivity index (χ4n) is 2.75. The second-order valence-corrected chi connectivity index (χ2v) is 5.86. The van der Waals surface area contributed by atoms with Gasteiger partial charge < -0.3 is 10.6 Å². The van der Waals surface area contributed by atoms with E-state index in [-0.39, 0.29) is 16.9 Å². The summed E-state index contributed by atoms with van der Waals surface area (Å²) < 4.78 is 13.6. The molecule has 1 aliphatic rings. The summed E-state index contributed by atoms with van der Waals surface area (Å²) in [6.07, 6.45) is 2.60. The van der Waals surface area contributed by atoms with Crippen LogP contribution in [0.25, 0.3) is 0 Å². The molecule has 0 amide bonds. The van der Waals surface area contributed by atoms with Crippen molar-refractivity contribution in [2.75, 3.05) is 39.8 Å². The number of rotatable bonds is 6. The van der Waals surface area contributed by atoms with Crippen molar-refractivity contribution in [1.29, 1.82) is 0 Å². The van der Waals surface area contributed by atoms with E-state index in [1.54, 1.807) is 6.07 Å². The molecule has 20 heavy (non-hydrogen) atoms. The Bertz CT molecular complexity index is 435. The Hall–Kier alpha value is -0.680. The summed E-state index contributed by atoms with van der Waals surface area (Å²) >= 11 is 5.73. The van der Waals surface area contributed by atoms with Crippen molar-refractivity contribution in [3.05, 3.63) is 34.6 Å². The number of benzene rings is 1. The molecule has 0 radical (unpaired) electrons. The fourth-order valence-corrected chi connectivity index (χ4v) is 2.87. The van der Waals surface area contributed by atoms with Gasteiger partial charge in [-0.15, -0.1) is 0 Å². The van der Waals surface area contributed by atoms with Crippen molar-refractivity contribution in [3.8, 4) is 0 Å². The van der Waals surface area contributed by atoms with Crippen LogP contribution in [0.4, 0.5) is 4.39 Å². The number of hydrogen-bond donors (Lipinski definition) is 1. The van der Waals surface area contributed by atoms with E-state index in [4.69, 9.17) is 17.3 Å². The Morgan fingerprint density at radius 1 is 1.40 bits per heavy atom. The van der Waals surface area contributed by atoms with Crippen molar-refractivity contribution in [2.45, 2.75) is 18.9 Å². The van der Waals surface area contributed by atoms with E-state index in [0.29, 0.717) is 6.54 Å². The Kier molecular flexibility index (Phi) is 5.78. The first-order chi connectivity index (χ1) is 9.61. The molecule has 2 rings (SSSR count). The normalized spacial score (nSPS) is 17.9. The number of likely N-dealkylation sites (tertiary alicyclic amines) is 1. The Morgan fingerprint density at radius 2 is 2.10 bits per heavy atom. The zero-order chi connectivity index (χ0) is 14.5. The van der Waals surface area contributed by atoms with Crippen LogP contribution >= 0.6 is 11.6 Å². The molecule has 2 N–H and O–H groups in total. The van der Waals surface area contributed by atoms with E-state index in [9.17, 15) is 4.39 Å². The minimum atomic E-state index is -0.379. The average molecular weight is 300 g/mol. The van der Waals surface area contributed by atoms with E-state index in [0.717, 1.165) is 18.7 Å². The van der Waals surface area contributed by atoms with Gasteiger partial charge in [0, 0.05) is 25.7 Å². The molecule has 0 spiro atoms. The van der Waals surface area contributed by atoms with Gasteiger partial charge in [-0.25, -0.2) is 4.39 Å². The predicted octanol–water partition coefficient (Wildman–Crippen LogP) is 2.51. The SMILES string of the molecule is CN(CCN1CCCC1)C(CN)c1ccc(Cl)c(F)c1. The zero-order valence-corrected chi connectivity index (χ0v) is 12.7. The molecular formula is C15H23ClFN3. The summed E-state index contributed by atoms with van der Waals surface area (Å²) in [5.74, 6) is -0.379. The van der Waals surface area contributed by atoms with Crippen molar-refractivity contribution in [1.82, 2.24) is 9.80 Å². The standard InChI is InChI=1S/C15H23ClFN3/c1-19(8-9-20-6-2-3-7-20)15(11-18)12-4-5-13(16)14(17)10-12/h4-5,10,15H,2-3,6-9,11,18H2,1H3. The summed E-state index contributed by atoms with van der Waals surface area (Å²) in [4.78, 5) is 4.66. The minimum Gasteiger partial charge on any atom is -0.329 e. The number of hydrogen-bond acceptors (Lipinski definition) is 3. The molecule has 1 aliphatic heterocycles. The molecule has 1 unspecified atom stereocenters. The summed E-state index contributed by atoms with van der Waals surface area (Å²) in [6.45, 7) is 4.83. The molecule has 1 atom stereocenters. The first kappa shape index (κ1) is 15.7. The van der Waals surface area contributed by atoms with Gasteiger partial charge in [0.15, 0.2) is 0 Å². The lowest BCUT2D eigenvalue weighted by Crippen LogP contribution is -2.36. The first-order valence-corrected chi connectivity index (χ1v) is 7.57. The van der Waals surface area contributed by atoms with Gasteiger partial charge in [-0.1, -0.05) is 17.7 Å². The molecule has 3 nitrogen and oxygen atoms in total. The van der Waals surface area contributed by atoms with Crippen LogP contribution < -0.4 is 5.73 Å².